The molecular formula is C11H14F3N. The van der Waals surface area contributed by atoms with Gasteiger partial charge in [0.1, 0.15) is 5.82 Å². The van der Waals surface area contributed by atoms with Gasteiger partial charge in [-0.25, -0.2) is 13.2 Å². The Kier molecular flexibility index (Phi) is 3.27. The number of halogens is 3. The van der Waals surface area contributed by atoms with Crippen LogP contribution in [0.3, 0.4) is 0 Å². The van der Waals surface area contributed by atoms with E-state index >= 15 is 0 Å². The molecular weight excluding hydrogens is 203 g/mol. The van der Waals surface area contributed by atoms with Gasteiger partial charge in [-0.05, 0) is 24.1 Å². The first-order valence-corrected chi connectivity index (χ1v) is 4.82. The van der Waals surface area contributed by atoms with E-state index in [1.807, 2.05) is 6.92 Å². The molecule has 0 aromatic heterocycles. The summed E-state index contributed by atoms with van der Waals surface area (Å²) in [5.41, 5.74) is 5.42. The smallest absolute Gasteiger partial charge is 0.270 e. The van der Waals surface area contributed by atoms with Crippen LogP contribution in [0.4, 0.5) is 18.9 Å². The van der Waals surface area contributed by atoms with Crippen LogP contribution in [0.15, 0.2) is 12.1 Å². The third-order valence-electron chi connectivity index (χ3n) is 2.21. The van der Waals surface area contributed by atoms with Crippen molar-refractivity contribution < 1.29 is 13.2 Å². The number of rotatable bonds is 3. The normalized spacial score (nSPS) is 11.8. The molecule has 0 heterocycles. The van der Waals surface area contributed by atoms with E-state index in [2.05, 4.69) is 0 Å². The minimum absolute atomic E-state index is 0.0774. The standard InChI is InChI=1S/C11H14F3N/c1-3-4-7-5-10(15)9(12)6-8(7)11(2,13)14/h5-6H,3-4,15H2,1-2H3. The van der Waals surface area contributed by atoms with E-state index < -0.39 is 11.7 Å². The Morgan fingerprint density at radius 1 is 1.33 bits per heavy atom. The Hall–Kier alpha value is -1.19. The van der Waals surface area contributed by atoms with Crippen molar-refractivity contribution in [3.63, 3.8) is 0 Å². The molecule has 15 heavy (non-hydrogen) atoms. The monoisotopic (exact) mass is 217 g/mol. The molecule has 0 radical (unpaired) electrons. The lowest BCUT2D eigenvalue weighted by molar-refractivity contribution is 0.0162. The van der Waals surface area contributed by atoms with Crippen LogP contribution in [0.5, 0.6) is 0 Å². The van der Waals surface area contributed by atoms with Gasteiger partial charge in [-0.1, -0.05) is 13.3 Å². The summed E-state index contributed by atoms with van der Waals surface area (Å²) in [6.45, 7) is 2.63. The van der Waals surface area contributed by atoms with Crippen molar-refractivity contribution in [3.8, 4) is 0 Å². The highest BCUT2D eigenvalue weighted by atomic mass is 19.3. The van der Waals surface area contributed by atoms with Crippen LogP contribution in [0.1, 0.15) is 31.4 Å². The molecule has 0 aliphatic carbocycles. The van der Waals surface area contributed by atoms with Crippen LogP contribution in [0, 0.1) is 5.82 Å². The van der Waals surface area contributed by atoms with Crippen molar-refractivity contribution in [3.05, 3.63) is 29.1 Å². The summed E-state index contributed by atoms with van der Waals surface area (Å²) in [6, 6.07) is 2.13. The molecule has 0 unspecified atom stereocenters. The number of hydrogen-bond donors (Lipinski definition) is 1. The second-order valence-corrected chi connectivity index (χ2v) is 3.67. The van der Waals surface area contributed by atoms with Gasteiger partial charge in [-0.2, -0.15) is 0 Å². The van der Waals surface area contributed by atoms with Crippen molar-refractivity contribution >= 4 is 5.69 Å². The van der Waals surface area contributed by atoms with Gasteiger partial charge in [0.05, 0.1) is 5.69 Å². The number of alkyl halides is 2. The molecule has 1 aromatic carbocycles. The van der Waals surface area contributed by atoms with Gasteiger partial charge in [0.15, 0.2) is 0 Å². The zero-order chi connectivity index (χ0) is 11.6. The largest absolute Gasteiger partial charge is 0.396 e. The fourth-order valence-corrected chi connectivity index (χ4v) is 1.52. The minimum Gasteiger partial charge on any atom is -0.396 e. The fraction of sp³-hybridized carbons (Fsp3) is 0.455. The van der Waals surface area contributed by atoms with E-state index in [1.54, 1.807) is 0 Å². The molecule has 0 amide bonds. The zero-order valence-electron chi connectivity index (χ0n) is 8.78. The maximum atomic E-state index is 13.1. The van der Waals surface area contributed by atoms with Crippen LogP contribution in [-0.4, -0.2) is 0 Å². The number of anilines is 1. The SMILES string of the molecule is CCCc1cc(N)c(F)cc1C(C)(F)F. The third kappa shape index (κ3) is 2.64. The highest BCUT2D eigenvalue weighted by Gasteiger charge is 2.28. The lowest BCUT2D eigenvalue weighted by Crippen LogP contribution is -2.12. The van der Waals surface area contributed by atoms with Gasteiger partial charge in [0.25, 0.3) is 5.92 Å². The molecule has 1 rings (SSSR count). The summed E-state index contributed by atoms with van der Waals surface area (Å²) in [6.07, 6.45) is 1.19. The summed E-state index contributed by atoms with van der Waals surface area (Å²) in [7, 11) is 0. The van der Waals surface area contributed by atoms with Crippen LogP contribution >= 0.6 is 0 Å². The van der Waals surface area contributed by atoms with Gasteiger partial charge in [0.2, 0.25) is 0 Å². The molecule has 1 aromatic rings. The predicted octanol–water partition coefficient (Wildman–Crippen LogP) is 3.47. The lowest BCUT2D eigenvalue weighted by Gasteiger charge is -2.16. The Bertz CT molecular complexity index is 356. The number of benzene rings is 1. The number of nitrogens with two attached hydrogens (primary N) is 1. The first-order valence-electron chi connectivity index (χ1n) is 4.82. The Morgan fingerprint density at radius 2 is 1.93 bits per heavy atom. The second kappa shape index (κ2) is 4.13. The van der Waals surface area contributed by atoms with Gasteiger partial charge in [0, 0.05) is 12.5 Å². The molecule has 0 saturated heterocycles. The van der Waals surface area contributed by atoms with Gasteiger partial charge in [-0.3, -0.25) is 0 Å². The maximum absolute atomic E-state index is 13.1. The van der Waals surface area contributed by atoms with E-state index in [0.29, 0.717) is 18.4 Å². The van der Waals surface area contributed by atoms with Gasteiger partial charge >= 0.3 is 0 Å². The average molecular weight is 217 g/mol. The fourth-order valence-electron chi connectivity index (χ4n) is 1.52. The molecule has 0 aliphatic rings. The van der Waals surface area contributed by atoms with E-state index in [4.69, 9.17) is 5.73 Å². The first-order chi connectivity index (χ1) is 6.86. The van der Waals surface area contributed by atoms with E-state index in [1.165, 1.54) is 6.07 Å². The van der Waals surface area contributed by atoms with Crippen LogP contribution in [-0.2, 0) is 12.3 Å². The maximum Gasteiger partial charge on any atom is 0.270 e. The second-order valence-electron chi connectivity index (χ2n) is 3.67. The molecule has 0 bridgehead atoms. The summed E-state index contributed by atoms with van der Waals surface area (Å²) < 4.78 is 39.4. The minimum atomic E-state index is -3.03. The molecule has 1 nitrogen and oxygen atoms in total. The molecule has 84 valence electrons. The summed E-state index contributed by atoms with van der Waals surface area (Å²) in [5, 5.41) is 0. The molecule has 0 aliphatic heterocycles. The van der Waals surface area contributed by atoms with E-state index in [-0.39, 0.29) is 11.3 Å². The van der Waals surface area contributed by atoms with Crippen molar-refractivity contribution in [1.82, 2.24) is 0 Å². The van der Waals surface area contributed by atoms with Crippen molar-refractivity contribution in [2.24, 2.45) is 0 Å². The van der Waals surface area contributed by atoms with Crippen LogP contribution in [0.2, 0.25) is 0 Å². The molecule has 2 N–H and O–H groups in total. The topological polar surface area (TPSA) is 26.0 Å². The summed E-state index contributed by atoms with van der Waals surface area (Å²) in [4.78, 5) is 0. The average Bonchev–Trinajstić information content (AvgIpc) is 2.09. The molecule has 4 heteroatoms. The van der Waals surface area contributed by atoms with Gasteiger partial charge < -0.3 is 5.73 Å². The Morgan fingerprint density at radius 3 is 2.40 bits per heavy atom. The Balaban J connectivity index is 3.28. The number of nitrogen functional groups attached to an aromatic ring is 1. The summed E-state index contributed by atoms with van der Waals surface area (Å²) in [5.74, 6) is -3.81. The molecule has 0 fully saturated rings. The highest BCUT2D eigenvalue weighted by molar-refractivity contribution is 5.47. The van der Waals surface area contributed by atoms with Crippen molar-refractivity contribution in [1.29, 1.82) is 0 Å². The quantitative estimate of drug-likeness (QED) is 0.771. The van der Waals surface area contributed by atoms with E-state index in [0.717, 1.165) is 13.0 Å². The predicted molar refractivity (Wildman–Crippen MR) is 54.4 cm³/mol. The van der Waals surface area contributed by atoms with Crippen molar-refractivity contribution in [2.45, 2.75) is 32.6 Å². The van der Waals surface area contributed by atoms with Gasteiger partial charge in [-0.15, -0.1) is 0 Å². The molecule has 0 saturated carbocycles. The number of aryl methyl sites for hydroxylation is 1. The van der Waals surface area contributed by atoms with E-state index in [9.17, 15) is 13.2 Å². The molecule has 0 atom stereocenters. The number of hydrogen-bond acceptors (Lipinski definition) is 1. The Labute approximate surface area is 87.1 Å². The molecule has 0 spiro atoms. The zero-order valence-corrected chi connectivity index (χ0v) is 8.78. The third-order valence-corrected chi connectivity index (χ3v) is 2.21. The first kappa shape index (κ1) is 11.9. The summed E-state index contributed by atoms with van der Waals surface area (Å²) >= 11 is 0. The highest BCUT2D eigenvalue weighted by Crippen LogP contribution is 2.32. The van der Waals surface area contributed by atoms with Crippen molar-refractivity contribution in [2.75, 3.05) is 5.73 Å². The lowest BCUT2D eigenvalue weighted by atomic mass is 9.98. The van der Waals surface area contributed by atoms with Crippen LogP contribution in [0.25, 0.3) is 0 Å². The van der Waals surface area contributed by atoms with Crippen LogP contribution < -0.4 is 5.73 Å².